The van der Waals surface area contributed by atoms with E-state index in [0.717, 1.165) is 5.92 Å². The molecule has 0 amide bonds. The zero-order valence-electron chi connectivity index (χ0n) is 13.5. The van der Waals surface area contributed by atoms with Gasteiger partial charge in [-0.2, -0.15) is 0 Å². The van der Waals surface area contributed by atoms with Crippen LogP contribution < -0.4 is 4.57 Å². The van der Waals surface area contributed by atoms with Crippen LogP contribution in [0.15, 0.2) is 36.5 Å². The largest absolute Gasteiger partial charge is 0.212 e. The molecule has 0 N–H and O–H groups in total. The summed E-state index contributed by atoms with van der Waals surface area (Å²) >= 11 is 0. The van der Waals surface area contributed by atoms with Crippen molar-refractivity contribution in [2.75, 3.05) is 0 Å². The Labute approximate surface area is 128 Å². The Kier molecular flexibility index (Phi) is 4.10. The van der Waals surface area contributed by atoms with Crippen LogP contribution in [0.5, 0.6) is 0 Å². The van der Waals surface area contributed by atoms with Gasteiger partial charge in [0, 0.05) is 17.2 Å². The number of aryl methyl sites for hydroxylation is 3. The summed E-state index contributed by atoms with van der Waals surface area (Å²) in [6.45, 7) is 4.46. The minimum absolute atomic E-state index is 0.910. The smallest absolute Gasteiger partial charge is 0.201 e. The topological polar surface area (TPSA) is 3.88 Å². The van der Waals surface area contributed by atoms with E-state index in [2.05, 4.69) is 62.0 Å². The highest BCUT2D eigenvalue weighted by Crippen LogP contribution is 2.29. The molecular formula is C20H26N+. The van der Waals surface area contributed by atoms with E-state index >= 15 is 0 Å². The summed E-state index contributed by atoms with van der Waals surface area (Å²) in [6.07, 6.45) is 9.31. The van der Waals surface area contributed by atoms with Gasteiger partial charge in [0.05, 0.1) is 0 Å². The second kappa shape index (κ2) is 6.01. The van der Waals surface area contributed by atoms with Gasteiger partial charge in [-0.1, -0.05) is 43.9 Å². The quantitative estimate of drug-likeness (QED) is 0.727. The number of aromatic nitrogens is 1. The highest BCUT2D eigenvalue weighted by atomic mass is 14.9. The Morgan fingerprint density at radius 3 is 2.48 bits per heavy atom. The molecule has 0 atom stereocenters. The van der Waals surface area contributed by atoms with E-state index in [-0.39, 0.29) is 0 Å². The standard InChI is InChI=1S/C20H26N/c1-15-8-4-7-11-19(15)20-12-16(2)18(14-21(20)3)13-17-9-5-6-10-17/h4,7-8,11-12,14,17H,5-6,9-10,13H2,1-3H3/q+1. The normalized spacial score (nSPS) is 15.6. The van der Waals surface area contributed by atoms with Crippen LogP contribution in [0.4, 0.5) is 0 Å². The average Bonchev–Trinajstić information content (AvgIpc) is 2.96. The van der Waals surface area contributed by atoms with Gasteiger partial charge < -0.3 is 0 Å². The van der Waals surface area contributed by atoms with Crippen molar-refractivity contribution in [1.29, 1.82) is 0 Å². The molecule has 2 aromatic rings. The molecule has 1 nitrogen and oxygen atoms in total. The van der Waals surface area contributed by atoms with E-state index in [0.29, 0.717) is 0 Å². The molecule has 1 saturated carbocycles. The summed E-state index contributed by atoms with van der Waals surface area (Å²) in [5.41, 5.74) is 6.98. The molecule has 110 valence electrons. The monoisotopic (exact) mass is 280 g/mol. The summed E-state index contributed by atoms with van der Waals surface area (Å²) < 4.78 is 2.31. The molecule has 1 fully saturated rings. The lowest BCUT2D eigenvalue weighted by Crippen LogP contribution is -2.32. The molecule has 3 rings (SSSR count). The molecule has 1 heteroatoms. The molecule has 21 heavy (non-hydrogen) atoms. The maximum Gasteiger partial charge on any atom is 0.212 e. The molecule has 1 heterocycles. The first-order chi connectivity index (χ1) is 10.1. The van der Waals surface area contributed by atoms with Crippen LogP contribution in [-0.4, -0.2) is 0 Å². The van der Waals surface area contributed by atoms with Crippen LogP contribution in [0.25, 0.3) is 11.3 Å². The number of hydrogen-bond acceptors (Lipinski definition) is 0. The first kappa shape index (κ1) is 14.3. The fourth-order valence-electron chi connectivity index (χ4n) is 3.67. The van der Waals surface area contributed by atoms with Gasteiger partial charge in [0.1, 0.15) is 7.05 Å². The first-order valence-corrected chi connectivity index (χ1v) is 8.20. The molecule has 0 unspecified atom stereocenters. The zero-order valence-corrected chi connectivity index (χ0v) is 13.5. The lowest BCUT2D eigenvalue weighted by Gasteiger charge is -2.12. The SMILES string of the molecule is Cc1cc(-c2ccccc2C)[n+](C)cc1CC1CCCC1. The van der Waals surface area contributed by atoms with Crippen LogP contribution in [0.1, 0.15) is 42.4 Å². The van der Waals surface area contributed by atoms with Crippen molar-refractivity contribution >= 4 is 0 Å². The third kappa shape index (κ3) is 3.02. The Morgan fingerprint density at radius 2 is 1.76 bits per heavy atom. The maximum absolute atomic E-state index is 2.37. The Balaban J connectivity index is 1.94. The Hall–Kier alpha value is -1.63. The second-order valence-electron chi connectivity index (χ2n) is 6.65. The first-order valence-electron chi connectivity index (χ1n) is 8.20. The van der Waals surface area contributed by atoms with Crippen LogP contribution in [-0.2, 0) is 13.5 Å². The van der Waals surface area contributed by atoms with Crippen molar-refractivity contribution in [3.63, 3.8) is 0 Å². The number of hydrogen-bond donors (Lipinski definition) is 0. The summed E-state index contributed by atoms with van der Waals surface area (Å²) in [5.74, 6) is 0.910. The third-order valence-electron chi connectivity index (χ3n) is 4.99. The predicted octanol–water partition coefficient (Wildman–Crippen LogP) is 4.53. The molecular weight excluding hydrogens is 254 g/mol. The molecule has 0 bridgehead atoms. The third-order valence-corrected chi connectivity index (χ3v) is 4.99. The van der Waals surface area contributed by atoms with E-state index in [9.17, 15) is 0 Å². The van der Waals surface area contributed by atoms with Gasteiger partial charge >= 0.3 is 0 Å². The zero-order chi connectivity index (χ0) is 14.8. The number of pyridine rings is 1. The fraction of sp³-hybridized carbons (Fsp3) is 0.450. The van der Waals surface area contributed by atoms with E-state index < -0.39 is 0 Å². The molecule has 0 radical (unpaired) electrons. The summed E-state index contributed by atoms with van der Waals surface area (Å²) in [7, 11) is 2.18. The molecule has 1 aromatic carbocycles. The van der Waals surface area contributed by atoms with Gasteiger partial charge in [0.2, 0.25) is 5.69 Å². The van der Waals surface area contributed by atoms with Crippen molar-refractivity contribution in [3.05, 3.63) is 53.2 Å². The minimum atomic E-state index is 0.910. The average molecular weight is 280 g/mol. The minimum Gasteiger partial charge on any atom is -0.201 e. The predicted molar refractivity (Wildman–Crippen MR) is 88.2 cm³/mol. The van der Waals surface area contributed by atoms with Crippen LogP contribution >= 0.6 is 0 Å². The maximum atomic E-state index is 2.37. The molecule has 1 aliphatic carbocycles. The fourth-order valence-corrected chi connectivity index (χ4v) is 3.67. The van der Waals surface area contributed by atoms with Gasteiger partial charge in [0.25, 0.3) is 0 Å². The van der Waals surface area contributed by atoms with Crippen LogP contribution in [0, 0.1) is 19.8 Å². The molecule has 1 aliphatic rings. The van der Waals surface area contributed by atoms with Crippen molar-refractivity contribution < 1.29 is 4.57 Å². The number of rotatable bonds is 3. The van der Waals surface area contributed by atoms with Crippen molar-refractivity contribution in [2.24, 2.45) is 13.0 Å². The van der Waals surface area contributed by atoms with Crippen molar-refractivity contribution in [3.8, 4) is 11.3 Å². The van der Waals surface area contributed by atoms with Crippen molar-refractivity contribution in [2.45, 2.75) is 46.0 Å². The number of benzene rings is 1. The summed E-state index contributed by atoms with van der Waals surface area (Å²) in [6, 6.07) is 11.0. The lowest BCUT2D eigenvalue weighted by atomic mass is 9.94. The van der Waals surface area contributed by atoms with Gasteiger partial charge in [-0.15, -0.1) is 0 Å². The van der Waals surface area contributed by atoms with E-state index in [1.165, 1.54) is 60.1 Å². The Morgan fingerprint density at radius 1 is 1.05 bits per heavy atom. The van der Waals surface area contributed by atoms with Gasteiger partial charge in [-0.3, -0.25) is 0 Å². The molecule has 0 saturated heterocycles. The highest BCUT2D eigenvalue weighted by Gasteiger charge is 2.20. The van der Waals surface area contributed by atoms with Crippen LogP contribution in [0.3, 0.4) is 0 Å². The summed E-state index contributed by atoms with van der Waals surface area (Å²) in [5, 5.41) is 0. The lowest BCUT2D eigenvalue weighted by molar-refractivity contribution is -0.660. The summed E-state index contributed by atoms with van der Waals surface area (Å²) in [4.78, 5) is 0. The van der Waals surface area contributed by atoms with Gasteiger partial charge in [-0.05, 0) is 43.4 Å². The second-order valence-corrected chi connectivity index (χ2v) is 6.65. The van der Waals surface area contributed by atoms with Crippen molar-refractivity contribution in [1.82, 2.24) is 0 Å². The van der Waals surface area contributed by atoms with Gasteiger partial charge in [-0.25, -0.2) is 4.57 Å². The molecule has 1 aromatic heterocycles. The molecule has 0 spiro atoms. The van der Waals surface area contributed by atoms with E-state index in [1.54, 1.807) is 0 Å². The Bertz CT molecular complexity index is 636. The highest BCUT2D eigenvalue weighted by molar-refractivity contribution is 5.61. The number of nitrogens with zero attached hydrogens (tertiary/aromatic N) is 1. The van der Waals surface area contributed by atoms with Crippen LogP contribution in [0.2, 0.25) is 0 Å². The van der Waals surface area contributed by atoms with E-state index in [4.69, 9.17) is 0 Å². The van der Waals surface area contributed by atoms with Gasteiger partial charge in [0.15, 0.2) is 6.20 Å². The van der Waals surface area contributed by atoms with E-state index in [1.807, 2.05) is 0 Å². The molecule has 0 aliphatic heterocycles.